The molecule has 2 heterocycles. The van der Waals surface area contributed by atoms with E-state index in [1.165, 1.54) is 11.3 Å². The normalized spacial score (nSPS) is 10.1. The number of carbonyl (C=O) groups excluding carboxylic acids is 1. The zero-order valence-electron chi connectivity index (χ0n) is 7.57. The molecule has 0 saturated carbocycles. The van der Waals surface area contributed by atoms with Crippen LogP contribution in [0.2, 0.25) is 0 Å². The van der Waals surface area contributed by atoms with Crippen molar-refractivity contribution in [2.24, 2.45) is 0 Å². The van der Waals surface area contributed by atoms with Crippen LogP contribution in [0.3, 0.4) is 0 Å². The number of amides is 1. The Morgan fingerprint density at radius 1 is 1.57 bits per heavy atom. The highest BCUT2D eigenvalue weighted by molar-refractivity contribution is 7.08. The van der Waals surface area contributed by atoms with Gasteiger partial charge in [0, 0.05) is 17.8 Å². The van der Waals surface area contributed by atoms with E-state index in [2.05, 4.69) is 15.3 Å². The number of thiophene rings is 1. The summed E-state index contributed by atoms with van der Waals surface area (Å²) >= 11 is 1.52. The van der Waals surface area contributed by atoms with Gasteiger partial charge in [-0.25, -0.2) is 4.98 Å². The molecule has 0 fully saturated rings. The zero-order chi connectivity index (χ0) is 9.97. The number of nitrogens with one attached hydrogen (secondary N) is 2. The van der Waals surface area contributed by atoms with E-state index in [9.17, 15) is 4.79 Å². The lowest BCUT2D eigenvalue weighted by molar-refractivity contribution is 0.102. The molecule has 0 unspecified atom stereocenters. The second-order valence-electron chi connectivity index (χ2n) is 2.86. The Morgan fingerprint density at radius 3 is 3.00 bits per heavy atom. The summed E-state index contributed by atoms with van der Waals surface area (Å²) in [4.78, 5) is 18.4. The van der Waals surface area contributed by atoms with Crippen molar-refractivity contribution < 1.29 is 4.79 Å². The van der Waals surface area contributed by atoms with Crippen LogP contribution < -0.4 is 5.32 Å². The molecule has 2 aromatic rings. The van der Waals surface area contributed by atoms with Crippen molar-refractivity contribution in [3.63, 3.8) is 0 Å². The van der Waals surface area contributed by atoms with Gasteiger partial charge in [0.1, 0.15) is 0 Å². The Morgan fingerprint density at radius 2 is 2.43 bits per heavy atom. The summed E-state index contributed by atoms with van der Waals surface area (Å²) in [5.41, 5.74) is 1.69. The molecular formula is C9H9N3OS. The van der Waals surface area contributed by atoms with Crippen LogP contribution in [0.1, 0.15) is 15.9 Å². The van der Waals surface area contributed by atoms with E-state index >= 15 is 0 Å². The third-order valence-corrected chi connectivity index (χ3v) is 2.69. The van der Waals surface area contributed by atoms with Crippen LogP contribution in [-0.2, 0) is 0 Å². The van der Waals surface area contributed by atoms with Crippen LogP contribution in [-0.4, -0.2) is 15.9 Å². The summed E-state index contributed by atoms with van der Waals surface area (Å²) in [5, 5.41) is 6.43. The lowest BCUT2D eigenvalue weighted by Gasteiger charge is -1.99. The highest BCUT2D eigenvalue weighted by Crippen LogP contribution is 2.14. The number of anilines is 1. The van der Waals surface area contributed by atoms with Gasteiger partial charge in [0.05, 0.1) is 5.56 Å². The standard InChI is InChI=1S/C9H9N3OS/c1-6-4-14-5-7(6)8(13)12-9-10-2-3-11-9/h2-5H,1H3,(H2,10,11,12,13). The molecule has 5 heteroatoms. The van der Waals surface area contributed by atoms with E-state index in [0.29, 0.717) is 11.5 Å². The predicted octanol–water partition coefficient (Wildman–Crippen LogP) is 2.03. The summed E-state index contributed by atoms with van der Waals surface area (Å²) in [5.74, 6) is 0.347. The van der Waals surface area contributed by atoms with Crippen LogP contribution in [0.15, 0.2) is 23.2 Å². The Bertz CT molecular complexity index is 433. The van der Waals surface area contributed by atoms with Crippen molar-refractivity contribution in [1.29, 1.82) is 0 Å². The SMILES string of the molecule is Cc1cscc1C(=O)Nc1ncc[nH]1. The van der Waals surface area contributed by atoms with Gasteiger partial charge < -0.3 is 4.98 Å². The average molecular weight is 207 g/mol. The number of H-pyrrole nitrogens is 1. The van der Waals surface area contributed by atoms with E-state index in [0.717, 1.165) is 5.56 Å². The first-order valence-corrected chi connectivity index (χ1v) is 5.05. The minimum atomic E-state index is -0.126. The maximum Gasteiger partial charge on any atom is 0.259 e. The molecule has 2 N–H and O–H groups in total. The van der Waals surface area contributed by atoms with Crippen LogP contribution in [0.5, 0.6) is 0 Å². The summed E-state index contributed by atoms with van der Waals surface area (Å²) < 4.78 is 0. The molecule has 2 aromatic heterocycles. The third-order valence-electron chi connectivity index (χ3n) is 1.83. The molecule has 1 amide bonds. The highest BCUT2D eigenvalue weighted by Gasteiger charge is 2.10. The number of aromatic amines is 1. The van der Waals surface area contributed by atoms with Crippen LogP contribution >= 0.6 is 11.3 Å². The number of nitrogens with zero attached hydrogens (tertiary/aromatic N) is 1. The van der Waals surface area contributed by atoms with Crippen molar-refractivity contribution >= 4 is 23.2 Å². The number of imidazole rings is 1. The number of hydrogen-bond donors (Lipinski definition) is 2. The van der Waals surface area contributed by atoms with Crippen LogP contribution in [0, 0.1) is 6.92 Å². The molecule has 4 nitrogen and oxygen atoms in total. The molecule has 0 spiro atoms. The Balaban J connectivity index is 2.14. The molecule has 0 aliphatic heterocycles. The zero-order valence-corrected chi connectivity index (χ0v) is 8.39. The van der Waals surface area contributed by atoms with Crippen molar-refractivity contribution in [3.05, 3.63) is 34.3 Å². The lowest BCUT2D eigenvalue weighted by atomic mass is 10.2. The average Bonchev–Trinajstić information content (AvgIpc) is 2.75. The van der Waals surface area contributed by atoms with Crippen molar-refractivity contribution in [3.8, 4) is 0 Å². The second-order valence-corrected chi connectivity index (χ2v) is 3.60. The van der Waals surface area contributed by atoms with Gasteiger partial charge in [0.25, 0.3) is 5.91 Å². The smallest absolute Gasteiger partial charge is 0.259 e. The molecule has 2 rings (SSSR count). The molecular weight excluding hydrogens is 198 g/mol. The van der Waals surface area contributed by atoms with Gasteiger partial charge in [-0.05, 0) is 17.9 Å². The Labute approximate surface area is 85.0 Å². The fourth-order valence-electron chi connectivity index (χ4n) is 1.10. The number of rotatable bonds is 2. The van der Waals surface area contributed by atoms with Gasteiger partial charge in [0.15, 0.2) is 0 Å². The molecule has 72 valence electrons. The minimum Gasteiger partial charge on any atom is -0.331 e. The Kier molecular flexibility index (Phi) is 2.32. The molecule has 0 saturated heterocycles. The van der Waals surface area contributed by atoms with Crippen LogP contribution in [0.4, 0.5) is 5.95 Å². The molecule has 0 aliphatic carbocycles. The third kappa shape index (κ3) is 1.67. The van der Waals surface area contributed by atoms with Crippen molar-refractivity contribution in [2.45, 2.75) is 6.92 Å². The van der Waals surface area contributed by atoms with E-state index in [-0.39, 0.29) is 5.91 Å². The second kappa shape index (κ2) is 3.63. The molecule has 0 radical (unpaired) electrons. The van der Waals surface area contributed by atoms with Gasteiger partial charge in [0.2, 0.25) is 5.95 Å². The van der Waals surface area contributed by atoms with Crippen molar-refractivity contribution in [1.82, 2.24) is 9.97 Å². The molecule has 0 aromatic carbocycles. The summed E-state index contributed by atoms with van der Waals surface area (Å²) in [6.07, 6.45) is 3.26. The quantitative estimate of drug-likeness (QED) is 0.791. The molecule has 0 bridgehead atoms. The van der Waals surface area contributed by atoms with E-state index in [1.54, 1.807) is 12.4 Å². The predicted molar refractivity (Wildman–Crippen MR) is 55.6 cm³/mol. The summed E-state index contributed by atoms with van der Waals surface area (Å²) in [6.45, 7) is 1.91. The number of aryl methyl sites for hydroxylation is 1. The van der Waals surface area contributed by atoms with Gasteiger partial charge in [-0.15, -0.1) is 0 Å². The lowest BCUT2D eigenvalue weighted by Crippen LogP contribution is -2.12. The minimum absolute atomic E-state index is 0.126. The largest absolute Gasteiger partial charge is 0.331 e. The molecule has 14 heavy (non-hydrogen) atoms. The van der Waals surface area contributed by atoms with Crippen LogP contribution in [0.25, 0.3) is 0 Å². The Hall–Kier alpha value is -1.62. The highest BCUT2D eigenvalue weighted by atomic mass is 32.1. The first kappa shape index (κ1) is 8.96. The van der Waals surface area contributed by atoms with Gasteiger partial charge in [-0.3, -0.25) is 10.1 Å². The number of hydrogen-bond acceptors (Lipinski definition) is 3. The van der Waals surface area contributed by atoms with Gasteiger partial charge in [-0.1, -0.05) is 0 Å². The maximum atomic E-state index is 11.6. The van der Waals surface area contributed by atoms with Gasteiger partial charge in [-0.2, -0.15) is 11.3 Å². The van der Waals surface area contributed by atoms with E-state index in [1.807, 2.05) is 17.7 Å². The summed E-state index contributed by atoms with van der Waals surface area (Å²) in [6, 6.07) is 0. The molecule has 0 aliphatic rings. The fourth-order valence-corrected chi connectivity index (χ4v) is 1.93. The number of aromatic nitrogens is 2. The van der Waals surface area contributed by atoms with E-state index in [4.69, 9.17) is 0 Å². The molecule has 0 atom stereocenters. The fraction of sp³-hybridized carbons (Fsp3) is 0.111. The first-order chi connectivity index (χ1) is 6.77. The van der Waals surface area contributed by atoms with E-state index < -0.39 is 0 Å². The topological polar surface area (TPSA) is 57.8 Å². The maximum absolute atomic E-state index is 11.6. The number of carbonyl (C=O) groups is 1. The monoisotopic (exact) mass is 207 g/mol. The first-order valence-electron chi connectivity index (χ1n) is 4.11. The summed E-state index contributed by atoms with van der Waals surface area (Å²) in [7, 11) is 0. The van der Waals surface area contributed by atoms with Gasteiger partial charge >= 0.3 is 0 Å². The van der Waals surface area contributed by atoms with Crippen molar-refractivity contribution in [2.75, 3.05) is 5.32 Å².